The molecule has 1 unspecified atom stereocenters. The van der Waals surface area contributed by atoms with Crippen LogP contribution in [0.3, 0.4) is 0 Å². The Kier molecular flexibility index (Phi) is 3.46. The van der Waals surface area contributed by atoms with E-state index in [9.17, 15) is 9.59 Å². The minimum Gasteiger partial charge on any atom is -0.468 e. The first-order chi connectivity index (χ1) is 9.08. The normalized spacial score (nSPS) is 20.2. The van der Waals surface area contributed by atoms with Crippen molar-refractivity contribution in [1.29, 1.82) is 0 Å². The van der Waals surface area contributed by atoms with Crippen LogP contribution in [0.15, 0.2) is 29.4 Å². The molecule has 5 nitrogen and oxygen atoms in total. The van der Waals surface area contributed by atoms with Crippen molar-refractivity contribution in [3.63, 3.8) is 0 Å². The number of fused-ring (bicyclic) bond motifs is 1. The van der Waals surface area contributed by atoms with Crippen molar-refractivity contribution in [2.45, 2.75) is 18.8 Å². The lowest BCUT2D eigenvalue weighted by atomic mass is 9.69. The van der Waals surface area contributed by atoms with Crippen LogP contribution in [0.5, 0.6) is 0 Å². The smallest absolute Gasteiger partial charge is 0.323 e. The standard InChI is InChI=1S/C14H16O5/c1-4-9-7-14(12(15)17-2,13(16)18-3)8-10-5-6-19-11(9)10/h4-6,9H,1,7-8H2,2-3H3. The van der Waals surface area contributed by atoms with Gasteiger partial charge in [-0.15, -0.1) is 6.58 Å². The minimum atomic E-state index is -1.32. The number of esters is 2. The third-order valence-corrected chi connectivity index (χ3v) is 3.61. The van der Waals surface area contributed by atoms with Gasteiger partial charge in [0.15, 0.2) is 5.41 Å². The zero-order valence-electron chi connectivity index (χ0n) is 11.0. The molecule has 0 saturated heterocycles. The summed E-state index contributed by atoms with van der Waals surface area (Å²) in [4.78, 5) is 24.2. The maximum Gasteiger partial charge on any atom is 0.323 e. The minimum absolute atomic E-state index is 0.211. The number of allylic oxidation sites excluding steroid dienone is 1. The van der Waals surface area contributed by atoms with E-state index in [1.54, 1.807) is 18.4 Å². The molecule has 5 heteroatoms. The van der Waals surface area contributed by atoms with Gasteiger partial charge in [0.05, 0.1) is 20.5 Å². The molecule has 0 bridgehead atoms. The van der Waals surface area contributed by atoms with Gasteiger partial charge in [-0.1, -0.05) is 6.08 Å². The molecular formula is C14H16O5. The number of carbonyl (C=O) groups is 2. The van der Waals surface area contributed by atoms with Crippen molar-refractivity contribution in [2.75, 3.05) is 14.2 Å². The average Bonchev–Trinajstić information content (AvgIpc) is 2.92. The summed E-state index contributed by atoms with van der Waals surface area (Å²) in [6.45, 7) is 3.73. The molecule has 1 aromatic rings. The highest BCUT2D eigenvalue weighted by Crippen LogP contribution is 2.45. The fraction of sp³-hybridized carbons (Fsp3) is 0.429. The van der Waals surface area contributed by atoms with E-state index in [0.29, 0.717) is 0 Å². The fourth-order valence-electron chi connectivity index (χ4n) is 2.66. The van der Waals surface area contributed by atoms with Crippen LogP contribution in [-0.4, -0.2) is 26.2 Å². The van der Waals surface area contributed by atoms with Crippen LogP contribution in [0.1, 0.15) is 23.7 Å². The Hall–Kier alpha value is -2.04. The Bertz CT molecular complexity index is 498. The summed E-state index contributed by atoms with van der Waals surface area (Å²) >= 11 is 0. The summed E-state index contributed by atoms with van der Waals surface area (Å²) in [6, 6.07) is 1.76. The van der Waals surface area contributed by atoms with E-state index in [0.717, 1.165) is 11.3 Å². The lowest BCUT2D eigenvalue weighted by Crippen LogP contribution is -2.46. The van der Waals surface area contributed by atoms with Gasteiger partial charge in [0, 0.05) is 12.3 Å². The summed E-state index contributed by atoms with van der Waals surface area (Å²) < 4.78 is 15.0. The van der Waals surface area contributed by atoms with Gasteiger partial charge < -0.3 is 13.9 Å². The van der Waals surface area contributed by atoms with E-state index < -0.39 is 17.4 Å². The Morgan fingerprint density at radius 3 is 2.58 bits per heavy atom. The van der Waals surface area contributed by atoms with Gasteiger partial charge in [-0.05, 0) is 18.1 Å². The van der Waals surface area contributed by atoms with E-state index in [-0.39, 0.29) is 18.8 Å². The molecule has 1 aromatic heterocycles. The molecule has 1 heterocycles. The molecule has 19 heavy (non-hydrogen) atoms. The molecule has 102 valence electrons. The quantitative estimate of drug-likeness (QED) is 0.473. The Morgan fingerprint density at radius 2 is 2.05 bits per heavy atom. The number of ether oxygens (including phenoxy) is 2. The summed E-state index contributed by atoms with van der Waals surface area (Å²) in [5, 5.41) is 0. The molecule has 0 fully saturated rings. The topological polar surface area (TPSA) is 65.7 Å². The highest BCUT2D eigenvalue weighted by Gasteiger charge is 2.53. The monoisotopic (exact) mass is 264 g/mol. The second-order valence-corrected chi connectivity index (χ2v) is 4.60. The molecule has 0 spiro atoms. The number of hydrogen-bond acceptors (Lipinski definition) is 5. The summed E-state index contributed by atoms with van der Waals surface area (Å²) in [6.07, 6.45) is 3.69. The maximum absolute atomic E-state index is 12.1. The number of furan rings is 1. The first-order valence-corrected chi connectivity index (χ1v) is 5.94. The predicted molar refractivity (Wildman–Crippen MR) is 66.4 cm³/mol. The highest BCUT2D eigenvalue weighted by molar-refractivity contribution is 6.00. The van der Waals surface area contributed by atoms with Crippen LogP contribution in [0.2, 0.25) is 0 Å². The molecule has 0 radical (unpaired) electrons. The van der Waals surface area contributed by atoms with E-state index in [4.69, 9.17) is 13.9 Å². The van der Waals surface area contributed by atoms with Crippen LogP contribution in [0.4, 0.5) is 0 Å². The molecule has 0 amide bonds. The molecule has 0 aliphatic heterocycles. The lowest BCUT2D eigenvalue weighted by molar-refractivity contribution is -0.170. The van der Waals surface area contributed by atoms with Crippen molar-refractivity contribution in [3.8, 4) is 0 Å². The van der Waals surface area contributed by atoms with Crippen LogP contribution in [0.25, 0.3) is 0 Å². The number of carbonyl (C=O) groups excluding carboxylic acids is 2. The molecular weight excluding hydrogens is 248 g/mol. The third kappa shape index (κ3) is 1.95. The van der Waals surface area contributed by atoms with Gasteiger partial charge in [0.2, 0.25) is 0 Å². The summed E-state index contributed by atoms with van der Waals surface area (Å²) in [5.74, 6) is -0.633. The summed E-state index contributed by atoms with van der Waals surface area (Å²) in [5.41, 5.74) is -0.508. The van der Waals surface area contributed by atoms with Crippen molar-refractivity contribution in [2.24, 2.45) is 5.41 Å². The highest BCUT2D eigenvalue weighted by atomic mass is 16.5. The van der Waals surface area contributed by atoms with Crippen molar-refractivity contribution in [3.05, 3.63) is 36.3 Å². The van der Waals surface area contributed by atoms with Crippen LogP contribution < -0.4 is 0 Å². The fourth-order valence-corrected chi connectivity index (χ4v) is 2.66. The van der Waals surface area contributed by atoms with Gasteiger partial charge in [-0.25, -0.2) is 0 Å². The van der Waals surface area contributed by atoms with Gasteiger partial charge in [0.1, 0.15) is 5.76 Å². The zero-order valence-corrected chi connectivity index (χ0v) is 11.0. The van der Waals surface area contributed by atoms with Crippen molar-refractivity contribution >= 4 is 11.9 Å². The van der Waals surface area contributed by atoms with Crippen molar-refractivity contribution < 1.29 is 23.5 Å². The predicted octanol–water partition coefficient (Wildman–Crippen LogP) is 1.83. The van der Waals surface area contributed by atoms with Crippen molar-refractivity contribution in [1.82, 2.24) is 0 Å². The van der Waals surface area contributed by atoms with Gasteiger partial charge in [0.25, 0.3) is 0 Å². The van der Waals surface area contributed by atoms with Crippen LogP contribution in [-0.2, 0) is 25.5 Å². The Labute approximate surface area is 111 Å². The van der Waals surface area contributed by atoms with Gasteiger partial charge >= 0.3 is 11.9 Å². The maximum atomic E-state index is 12.1. The molecule has 1 aliphatic rings. The number of methoxy groups -OCH3 is 2. The number of hydrogen-bond donors (Lipinski definition) is 0. The molecule has 0 saturated carbocycles. The van der Waals surface area contributed by atoms with E-state index in [1.165, 1.54) is 14.2 Å². The van der Waals surface area contributed by atoms with Gasteiger partial charge in [-0.2, -0.15) is 0 Å². The van der Waals surface area contributed by atoms with Crippen LogP contribution >= 0.6 is 0 Å². The van der Waals surface area contributed by atoms with E-state index >= 15 is 0 Å². The molecule has 2 rings (SSSR count). The Morgan fingerprint density at radius 1 is 1.42 bits per heavy atom. The largest absolute Gasteiger partial charge is 0.468 e. The van der Waals surface area contributed by atoms with E-state index in [2.05, 4.69) is 6.58 Å². The second-order valence-electron chi connectivity index (χ2n) is 4.60. The third-order valence-electron chi connectivity index (χ3n) is 3.61. The average molecular weight is 264 g/mol. The first-order valence-electron chi connectivity index (χ1n) is 5.94. The number of rotatable bonds is 3. The molecule has 1 aliphatic carbocycles. The lowest BCUT2D eigenvalue weighted by Gasteiger charge is -2.34. The molecule has 0 aromatic carbocycles. The molecule has 0 N–H and O–H groups in total. The van der Waals surface area contributed by atoms with Crippen LogP contribution in [0, 0.1) is 5.41 Å². The van der Waals surface area contributed by atoms with E-state index in [1.807, 2.05) is 0 Å². The first kappa shape index (κ1) is 13.4. The molecule has 1 atom stereocenters. The zero-order chi connectivity index (χ0) is 14.0. The SMILES string of the molecule is C=CC1CC(C(=O)OC)(C(=O)OC)Cc2ccoc21. The summed E-state index contributed by atoms with van der Waals surface area (Å²) in [7, 11) is 2.53. The van der Waals surface area contributed by atoms with Gasteiger partial charge in [-0.3, -0.25) is 9.59 Å². The Balaban J connectivity index is 2.50. The second kappa shape index (κ2) is 4.91.